The topological polar surface area (TPSA) is 31.4 Å². The van der Waals surface area contributed by atoms with Crippen molar-refractivity contribution in [3.05, 3.63) is 48.2 Å². The molecule has 0 fully saturated rings. The lowest BCUT2D eigenvalue weighted by atomic mass is 10.0. The Morgan fingerprint density at radius 2 is 1.94 bits per heavy atom. The highest BCUT2D eigenvalue weighted by Crippen LogP contribution is 2.25. The van der Waals surface area contributed by atoms with Crippen LogP contribution in [-0.2, 0) is 4.74 Å². The van der Waals surface area contributed by atoms with E-state index in [1.54, 1.807) is 20.4 Å². The van der Waals surface area contributed by atoms with Crippen LogP contribution in [0, 0.1) is 0 Å². The van der Waals surface area contributed by atoms with Crippen molar-refractivity contribution in [2.24, 2.45) is 0 Å². The van der Waals surface area contributed by atoms with Crippen molar-refractivity contribution in [1.29, 1.82) is 0 Å². The van der Waals surface area contributed by atoms with E-state index in [-0.39, 0.29) is 6.10 Å². The molecule has 0 aliphatic heterocycles. The van der Waals surface area contributed by atoms with E-state index < -0.39 is 0 Å². The molecule has 0 saturated carbocycles. The molecule has 2 rings (SSSR count). The lowest BCUT2D eigenvalue weighted by Gasteiger charge is -2.11. The number of nitrogens with zero attached hydrogens (tertiary/aromatic N) is 1. The second-order valence-electron chi connectivity index (χ2n) is 4.08. The second kappa shape index (κ2) is 5.65. The third-order valence-electron chi connectivity index (χ3n) is 2.97. The molecule has 0 N–H and O–H groups in total. The molecule has 1 heterocycles. The predicted molar refractivity (Wildman–Crippen MR) is 71.6 cm³/mol. The highest BCUT2D eigenvalue weighted by molar-refractivity contribution is 5.61. The van der Waals surface area contributed by atoms with E-state index in [1.807, 2.05) is 31.2 Å². The molecule has 2 aromatic rings. The molecule has 3 nitrogen and oxygen atoms in total. The summed E-state index contributed by atoms with van der Waals surface area (Å²) in [5.41, 5.74) is 3.11. The van der Waals surface area contributed by atoms with Gasteiger partial charge in [-0.25, -0.2) is 0 Å². The van der Waals surface area contributed by atoms with E-state index in [0.717, 1.165) is 22.6 Å². The molecule has 0 aliphatic rings. The number of aromatic nitrogens is 1. The van der Waals surface area contributed by atoms with Crippen molar-refractivity contribution in [3.8, 4) is 17.0 Å². The van der Waals surface area contributed by atoms with Gasteiger partial charge in [-0.15, -0.1) is 0 Å². The van der Waals surface area contributed by atoms with Gasteiger partial charge in [0.1, 0.15) is 5.75 Å². The first-order chi connectivity index (χ1) is 8.74. The molecule has 1 aromatic heterocycles. The van der Waals surface area contributed by atoms with Gasteiger partial charge in [-0.05, 0) is 24.6 Å². The van der Waals surface area contributed by atoms with E-state index in [9.17, 15) is 0 Å². The number of methoxy groups -OCH3 is 2. The molecule has 94 valence electrons. The molecule has 0 radical (unpaired) electrons. The third-order valence-corrected chi connectivity index (χ3v) is 2.97. The number of hydrogen-bond donors (Lipinski definition) is 0. The Balaban J connectivity index is 2.38. The van der Waals surface area contributed by atoms with Gasteiger partial charge in [-0.2, -0.15) is 0 Å². The molecule has 3 heteroatoms. The van der Waals surface area contributed by atoms with Crippen molar-refractivity contribution < 1.29 is 9.47 Å². The highest BCUT2D eigenvalue weighted by Gasteiger charge is 2.06. The number of rotatable bonds is 4. The fourth-order valence-electron chi connectivity index (χ4n) is 1.78. The van der Waals surface area contributed by atoms with Gasteiger partial charge in [0, 0.05) is 24.9 Å². The first kappa shape index (κ1) is 12.6. The first-order valence-corrected chi connectivity index (χ1v) is 5.87. The van der Waals surface area contributed by atoms with Crippen LogP contribution in [-0.4, -0.2) is 19.2 Å². The summed E-state index contributed by atoms with van der Waals surface area (Å²) in [6, 6.07) is 12.0. The Bertz CT molecular complexity index is 525. The third kappa shape index (κ3) is 2.68. The Morgan fingerprint density at radius 3 is 2.67 bits per heavy atom. The maximum atomic E-state index is 5.33. The van der Waals surface area contributed by atoms with Crippen LogP contribution < -0.4 is 4.74 Å². The maximum absolute atomic E-state index is 5.33. The van der Waals surface area contributed by atoms with E-state index in [2.05, 4.69) is 17.1 Å². The molecule has 0 saturated heterocycles. The largest absolute Gasteiger partial charge is 0.497 e. The molecule has 0 amide bonds. The number of pyridine rings is 1. The van der Waals surface area contributed by atoms with Gasteiger partial charge >= 0.3 is 0 Å². The zero-order valence-electron chi connectivity index (χ0n) is 10.9. The van der Waals surface area contributed by atoms with Gasteiger partial charge in [0.05, 0.1) is 18.9 Å². The Morgan fingerprint density at radius 1 is 1.11 bits per heavy atom. The summed E-state index contributed by atoms with van der Waals surface area (Å²) in [4.78, 5) is 4.36. The van der Waals surface area contributed by atoms with Crippen LogP contribution in [0.15, 0.2) is 42.6 Å². The number of benzene rings is 1. The molecule has 0 bridgehead atoms. The molecule has 1 atom stereocenters. The van der Waals surface area contributed by atoms with Crippen molar-refractivity contribution in [1.82, 2.24) is 4.98 Å². The number of ether oxygens (including phenoxy) is 2. The molecular formula is C15H17NO2. The molecule has 18 heavy (non-hydrogen) atoms. The Hall–Kier alpha value is -1.87. The summed E-state index contributed by atoms with van der Waals surface area (Å²) in [6.45, 7) is 2.03. The second-order valence-corrected chi connectivity index (χ2v) is 4.08. The smallest absolute Gasteiger partial charge is 0.122 e. The van der Waals surface area contributed by atoms with Gasteiger partial charge in [0.15, 0.2) is 0 Å². The zero-order valence-corrected chi connectivity index (χ0v) is 10.9. The fraction of sp³-hybridized carbons (Fsp3) is 0.267. The SMILES string of the molecule is COc1ccnc(-c2cccc([C@H](C)OC)c2)c1. The summed E-state index contributed by atoms with van der Waals surface area (Å²) in [6.07, 6.45) is 1.83. The molecule has 0 spiro atoms. The van der Waals surface area contributed by atoms with Crippen molar-refractivity contribution in [2.45, 2.75) is 13.0 Å². The summed E-state index contributed by atoms with van der Waals surface area (Å²) in [5, 5.41) is 0. The summed E-state index contributed by atoms with van der Waals surface area (Å²) in [7, 11) is 3.36. The highest BCUT2D eigenvalue weighted by atomic mass is 16.5. The lowest BCUT2D eigenvalue weighted by Crippen LogP contribution is -1.96. The molecule has 0 unspecified atom stereocenters. The monoisotopic (exact) mass is 243 g/mol. The first-order valence-electron chi connectivity index (χ1n) is 5.87. The molecular weight excluding hydrogens is 226 g/mol. The summed E-state index contributed by atoms with van der Waals surface area (Å²) < 4.78 is 10.5. The molecule has 1 aromatic carbocycles. The van der Waals surface area contributed by atoms with Crippen molar-refractivity contribution >= 4 is 0 Å². The van der Waals surface area contributed by atoms with Crippen LogP contribution in [0.4, 0.5) is 0 Å². The van der Waals surface area contributed by atoms with Crippen LogP contribution in [0.25, 0.3) is 11.3 Å². The number of hydrogen-bond acceptors (Lipinski definition) is 3. The minimum atomic E-state index is 0.0792. The Labute approximate surface area is 107 Å². The summed E-state index contributed by atoms with van der Waals surface area (Å²) >= 11 is 0. The average molecular weight is 243 g/mol. The van der Waals surface area contributed by atoms with Crippen molar-refractivity contribution in [3.63, 3.8) is 0 Å². The minimum absolute atomic E-state index is 0.0792. The van der Waals surface area contributed by atoms with Crippen LogP contribution >= 0.6 is 0 Å². The summed E-state index contributed by atoms with van der Waals surface area (Å²) in [5.74, 6) is 0.810. The minimum Gasteiger partial charge on any atom is -0.497 e. The maximum Gasteiger partial charge on any atom is 0.122 e. The van der Waals surface area contributed by atoms with Gasteiger partial charge in [0.2, 0.25) is 0 Å². The van der Waals surface area contributed by atoms with Crippen LogP contribution in [0.5, 0.6) is 5.75 Å². The zero-order chi connectivity index (χ0) is 13.0. The Kier molecular flexibility index (Phi) is 3.95. The van der Waals surface area contributed by atoms with E-state index in [4.69, 9.17) is 9.47 Å². The molecule has 0 aliphatic carbocycles. The predicted octanol–water partition coefficient (Wildman–Crippen LogP) is 3.46. The van der Waals surface area contributed by atoms with Gasteiger partial charge in [-0.1, -0.05) is 18.2 Å². The average Bonchev–Trinajstić information content (AvgIpc) is 2.46. The lowest BCUT2D eigenvalue weighted by molar-refractivity contribution is 0.119. The van der Waals surface area contributed by atoms with Crippen LogP contribution in [0.2, 0.25) is 0 Å². The van der Waals surface area contributed by atoms with E-state index in [0.29, 0.717) is 0 Å². The van der Waals surface area contributed by atoms with E-state index in [1.165, 1.54) is 0 Å². The normalized spacial score (nSPS) is 12.2. The van der Waals surface area contributed by atoms with Crippen molar-refractivity contribution in [2.75, 3.05) is 14.2 Å². The van der Waals surface area contributed by atoms with Gasteiger partial charge < -0.3 is 9.47 Å². The van der Waals surface area contributed by atoms with Gasteiger partial charge in [0.25, 0.3) is 0 Å². The van der Waals surface area contributed by atoms with E-state index >= 15 is 0 Å². The van der Waals surface area contributed by atoms with Gasteiger partial charge in [-0.3, -0.25) is 4.98 Å². The standard InChI is InChI=1S/C15H17NO2/c1-11(17-2)12-5-4-6-13(9-12)15-10-14(18-3)7-8-16-15/h4-11H,1-3H3/t11-/m0/s1. The van der Waals surface area contributed by atoms with Crippen LogP contribution in [0.1, 0.15) is 18.6 Å². The van der Waals surface area contributed by atoms with Crippen LogP contribution in [0.3, 0.4) is 0 Å². The fourth-order valence-corrected chi connectivity index (χ4v) is 1.78. The quantitative estimate of drug-likeness (QED) is 0.824.